The third-order valence-corrected chi connectivity index (χ3v) is 3.93. The van der Waals surface area contributed by atoms with Crippen LogP contribution in [-0.4, -0.2) is 18.2 Å². The van der Waals surface area contributed by atoms with Crippen LogP contribution in [-0.2, 0) is 11.2 Å². The van der Waals surface area contributed by atoms with Gasteiger partial charge in [-0.05, 0) is 37.6 Å². The van der Waals surface area contributed by atoms with Crippen LogP contribution in [0.3, 0.4) is 0 Å². The predicted octanol–water partition coefficient (Wildman–Crippen LogP) is 2.19. The quantitative estimate of drug-likeness (QED) is 0.831. The van der Waals surface area contributed by atoms with Crippen LogP contribution in [0.1, 0.15) is 24.6 Å². The molecule has 0 bridgehead atoms. The zero-order valence-corrected chi connectivity index (χ0v) is 9.35. The molecule has 2 nitrogen and oxygen atoms in total. The maximum absolute atomic E-state index is 6.19. The van der Waals surface area contributed by atoms with E-state index in [1.807, 2.05) is 0 Å². The van der Waals surface area contributed by atoms with E-state index in [1.54, 1.807) is 11.3 Å². The lowest BCUT2D eigenvalue weighted by molar-refractivity contribution is -0.000718. The van der Waals surface area contributed by atoms with Gasteiger partial charge in [-0.1, -0.05) is 6.07 Å². The molecule has 78 valence electrons. The lowest BCUT2D eigenvalue weighted by Crippen LogP contribution is -2.46. The van der Waals surface area contributed by atoms with Crippen molar-refractivity contribution < 1.29 is 4.74 Å². The van der Waals surface area contributed by atoms with Gasteiger partial charge in [0.05, 0.1) is 5.60 Å². The first-order valence-corrected chi connectivity index (χ1v) is 6.00. The molecule has 2 unspecified atom stereocenters. The van der Waals surface area contributed by atoms with Crippen LogP contribution < -0.4 is 5.73 Å². The van der Waals surface area contributed by atoms with Gasteiger partial charge in [-0.2, -0.15) is 0 Å². The van der Waals surface area contributed by atoms with Gasteiger partial charge in [-0.25, -0.2) is 0 Å². The third kappa shape index (κ3) is 2.00. The first-order chi connectivity index (χ1) is 6.71. The first-order valence-electron chi connectivity index (χ1n) is 5.13. The standard InChI is InChI=1S/C11H17NOS/c1-11(5-3-6-13-11)10(12)8-9-4-2-7-14-9/h2,4,7,10H,3,5-6,8,12H2,1H3. The van der Waals surface area contributed by atoms with E-state index in [2.05, 4.69) is 24.4 Å². The van der Waals surface area contributed by atoms with E-state index in [-0.39, 0.29) is 11.6 Å². The molecule has 2 atom stereocenters. The topological polar surface area (TPSA) is 35.2 Å². The molecule has 0 amide bonds. The summed E-state index contributed by atoms with van der Waals surface area (Å²) in [5.74, 6) is 0. The minimum Gasteiger partial charge on any atom is -0.374 e. The van der Waals surface area contributed by atoms with Crippen LogP contribution in [0.4, 0.5) is 0 Å². The maximum atomic E-state index is 6.19. The fraction of sp³-hybridized carbons (Fsp3) is 0.636. The summed E-state index contributed by atoms with van der Waals surface area (Å²) >= 11 is 1.77. The number of hydrogen-bond acceptors (Lipinski definition) is 3. The number of thiophene rings is 1. The molecule has 1 aliphatic heterocycles. The van der Waals surface area contributed by atoms with Gasteiger partial charge in [0.15, 0.2) is 0 Å². The summed E-state index contributed by atoms with van der Waals surface area (Å²) in [4.78, 5) is 1.36. The lowest BCUT2D eigenvalue weighted by atomic mass is 9.91. The average molecular weight is 211 g/mol. The van der Waals surface area contributed by atoms with Crippen molar-refractivity contribution in [2.75, 3.05) is 6.61 Å². The monoisotopic (exact) mass is 211 g/mol. The number of ether oxygens (including phenoxy) is 1. The summed E-state index contributed by atoms with van der Waals surface area (Å²) in [5.41, 5.74) is 6.09. The molecule has 2 N–H and O–H groups in total. The Bertz CT molecular complexity index is 277. The molecule has 0 spiro atoms. The Labute approximate surface area is 89.1 Å². The Hall–Kier alpha value is -0.380. The Morgan fingerprint density at radius 2 is 2.57 bits per heavy atom. The Kier molecular flexibility index (Phi) is 2.91. The molecule has 0 aromatic carbocycles. The zero-order valence-electron chi connectivity index (χ0n) is 8.53. The average Bonchev–Trinajstić information content (AvgIpc) is 2.76. The summed E-state index contributed by atoms with van der Waals surface area (Å²) in [6, 6.07) is 4.34. The van der Waals surface area contributed by atoms with Gasteiger partial charge in [0.1, 0.15) is 0 Å². The zero-order chi connectivity index (χ0) is 10.0. The molecule has 0 saturated carbocycles. The van der Waals surface area contributed by atoms with E-state index >= 15 is 0 Å². The third-order valence-electron chi connectivity index (χ3n) is 3.03. The summed E-state index contributed by atoms with van der Waals surface area (Å²) in [6.45, 7) is 3.01. The molecule has 1 aromatic heterocycles. The van der Waals surface area contributed by atoms with Crippen molar-refractivity contribution in [2.45, 2.75) is 37.8 Å². The Morgan fingerprint density at radius 3 is 3.14 bits per heavy atom. The highest BCUT2D eigenvalue weighted by Gasteiger charge is 2.36. The number of rotatable bonds is 3. The normalized spacial score (nSPS) is 29.3. The van der Waals surface area contributed by atoms with Gasteiger partial charge in [0.2, 0.25) is 0 Å². The smallest absolute Gasteiger partial charge is 0.0809 e. The molecule has 3 heteroatoms. The maximum Gasteiger partial charge on any atom is 0.0809 e. The van der Waals surface area contributed by atoms with Crippen LogP contribution in [0.25, 0.3) is 0 Å². The summed E-state index contributed by atoms with van der Waals surface area (Å²) in [5, 5.41) is 2.10. The first kappa shape index (κ1) is 10.1. The molecule has 1 aliphatic rings. The number of nitrogens with two attached hydrogens (primary N) is 1. The highest BCUT2D eigenvalue weighted by atomic mass is 32.1. The molecule has 1 aromatic rings. The van der Waals surface area contributed by atoms with Crippen molar-refractivity contribution >= 4 is 11.3 Å². The lowest BCUT2D eigenvalue weighted by Gasteiger charge is -2.30. The Balaban J connectivity index is 1.98. The molecule has 2 rings (SSSR count). The molecule has 1 fully saturated rings. The van der Waals surface area contributed by atoms with Gasteiger partial charge in [-0.15, -0.1) is 11.3 Å². The van der Waals surface area contributed by atoms with Gasteiger partial charge in [-0.3, -0.25) is 0 Å². The van der Waals surface area contributed by atoms with Gasteiger partial charge in [0, 0.05) is 17.5 Å². The highest BCUT2D eigenvalue weighted by molar-refractivity contribution is 7.09. The SMILES string of the molecule is CC1(C(N)Cc2cccs2)CCCO1. The van der Waals surface area contributed by atoms with Gasteiger partial charge in [0.25, 0.3) is 0 Å². The van der Waals surface area contributed by atoms with Crippen LogP contribution in [0.15, 0.2) is 17.5 Å². The van der Waals surface area contributed by atoms with Crippen molar-refractivity contribution in [3.8, 4) is 0 Å². The minimum absolute atomic E-state index is 0.0933. The fourth-order valence-electron chi connectivity index (χ4n) is 1.95. The largest absolute Gasteiger partial charge is 0.374 e. The van der Waals surface area contributed by atoms with Gasteiger partial charge >= 0.3 is 0 Å². The van der Waals surface area contributed by atoms with Crippen molar-refractivity contribution in [2.24, 2.45) is 5.73 Å². The second kappa shape index (κ2) is 4.01. The van der Waals surface area contributed by atoms with Crippen molar-refractivity contribution in [3.63, 3.8) is 0 Å². The van der Waals surface area contributed by atoms with Crippen LogP contribution in [0, 0.1) is 0 Å². The molecule has 0 aliphatic carbocycles. The summed E-state index contributed by atoms with van der Waals surface area (Å²) < 4.78 is 5.73. The summed E-state index contributed by atoms with van der Waals surface area (Å²) in [6.07, 6.45) is 3.18. The molecule has 14 heavy (non-hydrogen) atoms. The van der Waals surface area contributed by atoms with E-state index in [9.17, 15) is 0 Å². The van der Waals surface area contributed by atoms with E-state index < -0.39 is 0 Å². The van der Waals surface area contributed by atoms with Gasteiger partial charge < -0.3 is 10.5 Å². The number of hydrogen-bond donors (Lipinski definition) is 1. The Morgan fingerprint density at radius 1 is 1.71 bits per heavy atom. The second-order valence-corrected chi connectivity index (χ2v) is 5.19. The van der Waals surface area contributed by atoms with E-state index in [0.717, 1.165) is 25.9 Å². The molecule has 1 saturated heterocycles. The van der Waals surface area contributed by atoms with Crippen LogP contribution in [0.2, 0.25) is 0 Å². The van der Waals surface area contributed by atoms with Crippen LogP contribution in [0.5, 0.6) is 0 Å². The van der Waals surface area contributed by atoms with Crippen molar-refractivity contribution in [1.82, 2.24) is 0 Å². The predicted molar refractivity (Wildman–Crippen MR) is 59.6 cm³/mol. The summed E-state index contributed by atoms with van der Waals surface area (Å²) in [7, 11) is 0. The van der Waals surface area contributed by atoms with E-state index in [4.69, 9.17) is 10.5 Å². The highest BCUT2D eigenvalue weighted by Crippen LogP contribution is 2.29. The van der Waals surface area contributed by atoms with E-state index in [0.29, 0.717) is 0 Å². The van der Waals surface area contributed by atoms with Crippen molar-refractivity contribution in [1.29, 1.82) is 0 Å². The van der Waals surface area contributed by atoms with Crippen molar-refractivity contribution in [3.05, 3.63) is 22.4 Å². The molecule has 0 radical (unpaired) electrons. The molecule has 2 heterocycles. The second-order valence-electron chi connectivity index (χ2n) is 4.15. The minimum atomic E-state index is -0.0933. The molecular formula is C11H17NOS. The fourth-order valence-corrected chi connectivity index (χ4v) is 2.72. The van der Waals surface area contributed by atoms with Crippen LogP contribution >= 0.6 is 11.3 Å². The molecular weight excluding hydrogens is 194 g/mol. The van der Waals surface area contributed by atoms with E-state index in [1.165, 1.54) is 4.88 Å².